The molecule has 2 fully saturated rings. The molecule has 182 valence electrons. The van der Waals surface area contributed by atoms with E-state index in [1.54, 1.807) is 13.0 Å². The first-order valence-corrected chi connectivity index (χ1v) is 12.2. The van der Waals surface area contributed by atoms with E-state index < -0.39 is 29.0 Å². The van der Waals surface area contributed by atoms with Crippen molar-refractivity contribution in [1.82, 2.24) is 15.2 Å². The summed E-state index contributed by atoms with van der Waals surface area (Å²) in [6.45, 7) is 2.59. The predicted molar refractivity (Wildman–Crippen MR) is 125 cm³/mol. The zero-order valence-electron chi connectivity index (χ0n) is 18.8. The van der Waals surface area contributed by atoms with Gasteiger partial charge in [-0.25, -0.2) is 18.2 Å². The number of rotatable bonds is 6. The van der Waals surface area contributed by atoms with Gasteiger partial charge in [-0.05, 0) is 59.3 Å². The highest BCUT2D eigenvalue weighted by Crippen LogP contribution is 2.32. The van der Waals surface area contributed by atoms with Crippen LogP contribution in [0, 0.1) is 36.2 Å². The second-order valence-corrected chi connectivity index (χ2v) is 9.92. The molecule has 2 aliphatic rings. The molecule has 2 N–H and O–H groups in total. The second-order valence-electron chi connectivity index (χ2n) is 9.01. The highest BCUT2D eigenvalue weighted by Gasteiger charge is 2.38. The minimum atomic E-state index is -1.68. The molecule has 1 aliphatic heterocycles. The van der Waals surface area contributed by atoms with Crippen LogP contribution in [-0.4, -0.2) is 41.3 Å². The monoisotopic (exact) mass is 538 g/mol. The van der Waals surface area contributed by atoms with Crippen LogP contribution in [0.1, 0.15) is 48.0 Å². The summed E-state index contributed by atoms with van der Waals surface area (Å²) < 4.78 is 43.4. The van der Waals surface area contributed by atoms with E-state index in [2.05, 4.69) is 31.5 Å². The number of nitrogens with zero attached hydrogens (tertiary/aromatic N) is 2. The van der Waals surface area contributed by atoms with E-state index in [4.69, 9.17) is 0 Å². The standard InChI is InChI=1S/C24H26BrF3N4O2/c1-13-7-16(25)10-29-22(13)31-21-17(8-18(26)19(27)20(21)28)24(34)32-11-15(12-32)23(33)30-9-14-5-3-2-4-6-14/h7-8,10,14-15H,2-6,9,11-12H2,1H3,(H,29,31)(H,30,33). The van der Waals surface area contributed by atoms with Gasteiger partial charge in [-0.2, -0.15) is 0 Å². The Morgan fingerprint density at radius 3 is 2.50 bits per heavy atom. The number of hydrogen-bond acceptors (Lipinski definition) is 4. The summed E-state index contributed by atoms with van der Waals surface area (Å²) in [5.74, 6) is -5.16. The zero-order valence-corrected chi connectivity index (χ0v) is 20.4. The van der Waals surface area contributed by atoms with Crippen LogP contribution in [0.4, 0.5) is 24.7 Å². The van der Waals surface area contributed by atoms with Gasteiger partial charge in [0.2, 0.25) is 5.91 Å². The molecule has 10 heteroatoms. The summed E-state index contributed by atoms with van der Waals surface area (Å²) >= 11 is 3.27. The molecule has 2 amide bonds. The maximum absolute atomic E-state index is 14.7. The van der Waals surface area contributed by atoms with E-state index in [0.29, 0.717) is 28.6 Å². The number of amides is 2. The molecule has 1 aromatic heterocycles. The van der Waals surface area contributed by atoms with Gasteiger partial charge in [0.25, 0.3) is 5.91 Å². The summed E-state index contributed by atoms with van der Waals surface area (Å²) in [5, 5.41) is 5.60. The third kappa shape index (κ3) is 5.21. The van der Waals surface area contributed by atoms with Crippen molar-refractivity contribution in [3.05, 3.63) is 51.4 Å². The van der Waals surface area contributed by atoms with E-state index in [-0.39, 0.29) is 36.3 Å². The van der Waals surface area contributed by atoms with E-state index in [9.17, 15) is 22.8 Å². The Morgan fingerprint density at radius 1 is 1.12 bits per heavy atom. The van der Waals surface area contributed by atoms with Crippen LogP contribution in [0.3, 0.4) is 0 Å². The Bertz CT molecular complexity index is 1100. The first-order valence-electron chi connectivity index (χ1n) is 11.4. The maximum Gasteiger partial charge on any atom is 0.256 e. The molecule has 6 nitrogen and oxygen atoms in total. The van der Waals surface area contributed by atoms with Crippen molar-refractivity contribution in [2.75, 3.05) is 25.0 Å². The molecule has 0 radical (unpaired) electrons. The Labute approximate surface area is 204 Å². The molecule has 1 saturated carbocycles. The molecular weight excluding hydrogens is 513 g/mol. The van der Waals surface area contributed by atoms with Crippen molar-refractivity contribution in [2.45, 2.75) is 39.0 Å². The van der Waals surface area contributed by atoms with Crippen molar-refractivity contribution < 1.29 is 22.8 Å². The molecule has 2 aromatic rings. The Kier molecular flexibility index (Phi) is 7.45. The number of anilines is 2. The second kappa shape index (κ2) is 10.3. The molecule has 34 heavy (non-hydrogen) atoms. The van der Waals surface area contributed by atoms with Crippen molar-refractivity contribution in [2.24, 2.45) is 11.8 Å². The lowest BCUT2D eigenvalue weighted by atomic mass is 9.89. The topological polar surface area (TPSA) is 74.3 Å². The number of halogens is 4. The fraction of sp³-hybridized carbons (Fsp3) is 0.458. The average Bonchev–Trinajstić information content (AvgIpc) is 2.79. The average molecular weight is 539 g/mol. The van der Waals surface area contributed by atoms with Crippen LogP contribution in [0.15, 0.2) is 22.8 Å². The summed E-state index contributed by atoms with van der Waals surface area (Å²) in [7, 11) is 0. The number of carbonyl (C=O) groups is 2. The summed E-state index contributed by atoms with van der Waals surface area (Å²) in [6.07, 6.45) is 7.29. The lowest BCUT2D eigenvalue weighted by molar-refractivity contribution is -0.129. The van der Waals surface area contributed by atoms with Crippen molar-refractivity contribution in [1.29, 1.82) is 0 Å². The van der Waals surface area contributed by atoms with Gasteiger partial charge >= 0.3 is 0 Å². The molecule has 1 aromatic carbocycles. The number of carbonyl (C=O) groups excluding carboxylic acids is 2. The minimum Gasteiger partial charge on any atom is -0.355 e. The number of aryl methyl sites for hydroxylation is 1. The number of likely N-dealkylation sites (tertiary alicyclic amines) is 1. The lowest BCUT2D eigenvalue weighted by Crippen LogP contribution is -2.56. The number of pyridine rings is 1. The predicted octanol–water partition coefficient (Wildman–Crippen LogP) is 5.08. The molecule has 0 spiro atoms. The Morgan fingerprint density at radius 2 is 1.82 bits per heavy atom. The Hall–Kier alpha value is -2.62. The van der Waals surface area contributed by atoms with Crippen LogP contribution in [0.25, 0.3) is 0 Å². The molecule has 0 unspecified atom stereocenters. The van der Waals surface area contributed by atoms with Crippen molar-refractivity contribution >= 4 is 39.2 Å². The van der Waals surface area contributed by atoms with E-state index >= 15 is 0 Å². The third-order valence-electron chi connectivity index (χ3n) is 6.51. The number of nitrogens with one attached hydrogen (secondary N) is 2. The summed E-state index contributed by atoms with van der Waals surface area (Å²) in [5.41, 5.74) is -0.246. The summed E-state index contributed by atoms with van der Waals surface area (Å²) in [6, 6.07) is 2.38. The van der Waals surface area contributed by atoms with Gasteiger partial charge in [0.05, 0.1) is 17.2 Å². The molecule has 1 aliphatic carbocycles. The highest BCUT2D eigenvalue weighted by molar-refractivity contribution is 9.10. The minimum absolute atomic E-state index is 0.126. The lowest BCUT2D eigenvalue weighted by Gasteiger charge is -2.39. The largest absolute Gasteiger partial charge is 0.355 e. The molecule has 0 bridgehead atoms. The fourth-order valence-electron chi connectivity index (χ4n) is 4.44. The number of hydrogen-bond donors (Lipinski definition) is 2. The molecule has 1 saturated heterocycles. The van der Waals surface area contributed by atoms with Crippen LogP contribution < -0.4 is 10.6 Å². The van der Waals surface area contributed by atoms with E-state index in [1.165, 1.54) is 30.4 Å². The Balaban J connectivity index is 1.45. The first-order chi connectivity index (χ1) is 16.2. The quantitative estimate of drug-likeness (QED) is 0.503. The van der Waals surface area contributed by atoms with Crippen LogP contribution in [0.5, 0.6) is 0 Å². The van der Waals surface area contributed by atoms with Gasteiger partial charge in [-0.15, -0.1) is 0 Å². The van der Waals surface area contributed by atoms with E-state index in [1.807, 2.05) is 0 Å². The maximum atomic E-state index is 14.7. The smallest absolute Gasteiger partial charge is 0.256 e. The van der Waals surface area contributed by atoms with Crippen LogP contribution in [0.2, 0.25) is 0 Å². The highest BCUT2D eigenvalue weighted by atomic mass is 79.9. The van der Waals surface area contributed by atoms with Gasteiger partial charge in [-0.1, -0.05) is 19.3 Å². The number of aromatic nitrogens is 1. The van der Waals surface area contributed by atoms with Gasteiger partial charge in [0, 0.05) is 30.3 Å². The number of benzene rings is 1. The SMILES string of the molecule is Cc1cc(Br)cnc1Nc1c(C(=O)N2CC(C(=O)NCC3CCCCC3)C2)cc(F)c(F)c1F. The molecule has 0 atom stereocenters. The van der Waals surface area contributed by atoms with Gasteiger partial charge in [0.15, 0.2) is 17.5 Å². The van der Waals surface area contributed by atoms with Crippen molar-refractivity contribution in [3.63, 3.8) is 0 Å². The van der Waals surface area contributed by atoms with Gasteiger partial charge < -0.3 is 15.5 Å². The fourth-order valence-corrected chi connectivity index (χ4v) is 4.88. The zero-order chi connectivity index (χ0) is 24.4. The normalized spacial score (nSPS) is 16.8. The van der Waals surface area contributed by atoms with Gasteiger partial charge in [-0.3, -0.25) is 9.59 Å². The van der Waals surface area contributed by atoms with Crippen LogP contribution in [-0.2, 0) is 4.79 Å². The molecule has 4 rings (SSSR count). The third-order valence-corrected chi connectivity index (χ3v) is 6.94. The summed E-state index contributed by atoms with van der Waals surface area (Å²) in [4.78, 5) is 30.9. The molecular formula is C24H26BrF3N4O2. The van der Waals surface area contributed by atoms with Crippen LogP contribution >= 0.6 is 15.9 Å². The van der Waals surface area contributed by atoms with E-state index in [0.717, 1.165) is 12.8 Å². The molecule has 2 heterocycles. The van der Waals surface area contributed by atoms with Crippen molar-refractivity contribution in [3.8, 4) is 0 Å². The first kappa shape index (κ1) is 24.5. The van der Waals surface area contributed by atoms with Gasteiger partial charge in [0.1, 0.15) is 5.82 Å².